The highest BCUT2D eigenvalue weighted by atomic mass is 32.2. The summed E-state index contributed by atoms with van der Waals surface area (Å²) in [5, 5.41) is 2.69. The van der Waals surface area contributed by atoms with Gasteiger partial charge in [-0.1, -0.05) is 6.92 Å². The maximum absolute atomic E-state index is 12.4. The fourth-order valence-electron chi connectivity index (χ4n) is 2.86. The van der Waals surface area contributed by atoms with Crippen LogP contribution in [0, 0.1) is 0 Å². The van der Waals surface area contributed by atoms with Gasteiger partial charge >= 0.3 is 0 Å². The van der Waals surface area contributed by atoms with E-state index in [1.165, 1.54) is 12.1 Å². The highest BCUT2D eigenvalue weighted by Gasteiger charge is 2.22. The number of carbonyl (C=O) groups is 1. The Balaban J connectivity index is 1.87. The predicted molar refractivity (Wildman–Crippen MR) is 97.0 cm³/mol. The monoisotopic (exact) mass is 369 g/mol. The van der Waals surface area contributed by atoms with Gasteiger partial charge in [-0.05, 0) is 38.1 Å². The fraction of sp³-hybridized carbons (Fsp3) is 0.588. The van der Waals surface area contributed by atoms with Crippen molar-refractivity contribution >= 4 is 21.6 Å². The minimum Gasteiger partial charge on any atom is -0.373 e. The highest BCUT2D eigenvalue weighted by Crippen LogP contribution is 2.14. The van der Waals surface area contributed by atoms with E-state index in [9.17, 15) is 13.2 Å². The van der Waals surface area contributed by atoms with Crippen LogP contribution in [-0.4, -0.2) is 57.6 Å². The number of sulfonamides is 1. The minimum absolute atomic E-state index is 0.109. The average Bonchev–Trinajstić information content (AvgIpc) is 2.54. The molecule has 2 atom stereocenters. The second-order valence-electron chi connectivity index (χ2n) is 6.34. The molecule has 140 valence electrons. The maximum Gasteiger partial charge on any atom is 0.240 e. The molecule has 1 aliphatic rings. The number of nitrogens with zero attached hydrogens (tertiary/aromatic N) is 1. The van der Waals surface area contributed by atoms with Crippen LogP contribution in [0.25, 0.3) is 0 Å². The molecule has 1 saturated heterocycles. The van der Waals surface area contributed by atoms with Crippen molar-refractivity contribution in [3.05, 3.63) is 24.3 Å². The molecular formula is C17H27N3O4S. The first-order valence-electron chi connectivity index (χ1n) is 8.57. The summed E-state index contributed by atoms with van der Waals surface area (Å²) >= 11 is 0. The lowest BCUT2D eigenvalue weighted by Crippen LogP contribution is -2.47. The zero-order chi connectivity index (χ0) is 18.4. The number of benzene rings is 1. The quantitative estimate of drug-likeness (QED) is 0.759. The molecule has 7 nitrogen and oxygen atoms in total. The van der Waals surface area contributed by atoms with E-state index in [1.54, 1.807) is 19.1 Å². The van der Waals surface area contributed by atoms with E-state index >= 15 is 0 Å². The summed E-state index contributed by atoms with van der Waals surface area (Å²) in [6.07, 6.45) is 0.692. The van der Waals surface area contributed by atoms with E-state index in [0.29, 0.717) is 25.2 Å². The lowest BCUT2D eigenvalue weighted by atomic mass is 10.2. The van der Waals surface area contributed by atoms with Gasteiger partial charge in [0.15, 0.2) is 0 Å². The van der Waals surface area contributed by atoms with Gasteiger partial charge < -0.3 is 10.1 Å². The summed E-state index contributed by atoms with van der Waals surface area (Å²) in [7, 11) is -3.56. The van der Waals surface area contributed by atoms with Gasteiger partial charge in [0.25, 0.3) is 0 Å². The fourth-order valence-corrected chi connectivity index (χ4v) is 3.88. The standard InChI is InChI=1S/C17H27N3O4S/c1-4-17(21)19-15-5-7-16(8-6-15)25(22,23)18-9-10-20-11-13(2)24-14(3)12-20/h5-8,13-14,18H,4,9-12H2,1-3H3,(H,19,21)/t13-,14+. The topological polar surface area (TPSA) is 87.7 Å². The zero-order valence-electron chi connectivity index (χ0n) is 15.0. The molecule has 0 aromatic heterocycles. The Morgan fingerprint density at radius 3 is 2.36 bits per heavy atom. The lowest BCUT2D eigenvalue weighted by Gasteiger charge is -2.35. The largest absolute Gasteiger partial charge is 0.373 e. The average molecular weight is 369 g/mol. The molecule has 0 saturated carbocycles. The molecule has 1 amide bonds. The molecule has 2 rings (SSSR count). The Labute approximate surface area is 149 Å². The van der Waals surface area contributed by atoms with Crippen molar-refractivity contribution < 1.29 is 17.9 Å². The first-order chi connectivity index (χ1) is 11.8. The molecule has 1 aliphatic heterocycles. The van der Waals surface area contributed by atoms with Gasteiger partial charge in [0.1, 0.15) is 0 Å². The summed E-state index contributed by atoms with van der Waals surface area (Å²) in [6.45, 7) is 8.39. The number of anilines is 1. The molecule has 8 heteroatoms. The first kappa shape index (κ1) is 19.8. The number of rotatable bonds is 7. The van der Waals surface area contributed by atoms with Crippen LogP contribution in [0.5, 0.6) is 0 Å². The first-order valence-corrected chi connectivity index (χ1v) is 10.1. The van der Waals surface area contributed by atoms with Crippen LogP contribution in [0.2, 0.25) is 0 Å². The Morgan fingerprint density at radius 1 is 1.20 bits per heavy atom. The second-order valence-corrected chi connectivity index (χ2v) is 8.11. The smallest absolute Gasteiger partial charge is 0.240 e. The van der Waals surface area contributed by atoms with Crippen LogP contribution in [0.3, 0.4) is 0 Å². The van der Waals surface area contributed by atoms with Gasteiger partial charge in [-0.2, -0.15) is 0 Å². The normalized spacial score (nSPS) is 21.9. The predicted octanol–water partition coefficient (Wildman–Crippen LogP) is 1.42. The number of nitrogens with one attached hydrogen (secondary N) is 2. The van der Waals surface area contributed by atoms with Gasteiger partial charge in [0.2, 0.25) is 15.9 Å². The van der Waals surface area contributed by atoms with Crippen LogP contribution in [-0.2, 0) is 19.6 Å². The minimum atomic E-state index is -3.56. The van der Waals surface area contributed by atoms with Crippen LogP contribution in [0.1, 0.15) is 27.2 Å². The lowest BCUT2D eigenvalue weighted by molar-refractivity contribution is -0.115. The van der Waals surface area contributed by atoms with Crippen molar-refractivity contribution in [2.75, 3.05) is 31.5 Å². The summed E-state index contributed by atoms with van der Waals surface area (Å²) in [5.41, 5.74) is 0.585. The Morgan fingerprint density at radius 2 is 1.80 bits per heavy atom. The molecule has 1 fully saturated rings. The van der Waals surface area contributed by atoms with E-state index in [1.807, 2.05) is 13.8 Å². The van der Waals surface area contributed by atoms with Gasteiger partial charge in [-0.3, -0.25) is 9.69 Å². The molecule has 25 heavy (non-hydrogen) atoms. The van der Waals surface area contributed by atoms with Gasteiger partial charge in [0.05, 0.1) is 17.1 Å². The SMILES string of the molecule is CCC(=O)Nc1ccc(S(=O)(=O)NCCN2C[C@@H](C)O[C@@H](C)C2)cc1. The van der Waals surface area contributed by atoms with Crippen LogP contribution < -0.4 is 10.0 Å². The number of ether oxygens (including phenoxy) is 1. The van der Waals surface area contributed by atoms with Gasteiger partial charge in [-0.15, -0.1) is 0 Å². The molecule has 1 aromatic carbocycles. The van der Waals surface area contributed by atoms with Crippen molar-refractivity contribution in [2.24, 2.45) is 0 Å². The Bertz CT molecular complexity index is 666. The van der Waals surface area contributed by atoms with Crippen molar-refractivity contribution in [1.29, 1.82) is 0 Å². The molecule has 2 N–H and O–H groups in total. The number of hydrogen-bond acceptors (Lipinski definition) is 5. The third-order valence-corrected chi connectivity index (χ3v) is 5.46. The van der Waals surface area contributed by atoms with E-state index in [2.05, 4.69) is 14.9 Å². The molecular weight excluding hydrogens is 342 g/mol. The van der Waals surface area contributed by atoms with Gasteiger partial charge in [0, 0.05) is 38.3 Å². The molecule has 1 heterocycles. The Hall–Kier alpha value is -1.48. The van der Waals surface area contributed by atoms with E-state index in [4.69, 9.17) is 4.74 Å². The van der Waals surface area contributed by atoms with Crippen molar-refractivity contribution in [3.63, 3.8) is 0 Å². The molecule has 0 spiro atoms. The van der Waals surface area contributed by atoms with Crippen molar-refractivity contribution in [1.82, 2.24) is 9.62 Å². The number of morpholine rings is 1. The number of amides is 1. The molecule has 0 aliphatic carbocycles. The second kappa shape index (κ2) is 8.75. The number of hydrogen-bond donors (Lipinski definition) is 2. The molecule has 0 bridgehead atoms. The van der Waals surface area contributed by atoms with E-state index in [0.717, 1.165) is 13.1 Å². The number of carbonyl (C=O) groups excluding carboxylic acids is 1. The van der Waals surface area contributed by atoms with Crippen LogP contribution in [0.4, 0.5) is 5.69 Å². The summed E-state index contributed by atoms with van der Waals surface area (Å²) in [5.74, 6) is -0.109. The van der Waals surface area contributed by atoms with E-state index < -0.39 is 10.0 Å². The van der Waals surface area contributed by atoms with Crippen LogP contribution >= 0.6 is 0 Å². The third-order valence-electron chi connectivity index (χ3n) is 3.98. The molecule has 0 unspecified atom stereocenters. The summed E-state index contributed by atoms with van der Waals surface area (Å²) < 4.78 is 33.0. The Kier molecular flexibility index (Phi) is 6.95. The summed E-state index contributed by atoms with van der Waals surface area (Å²) in [4.78, 5) is 13.7. The third kappa shape index (κ3) is 6.07. The molecule has 1 aromatic rings. The van der Waals surface area contributed by atoms with Gasteiger partial charge in [-0.25, -0.2) is 13.1 Å². The highest BCUT2D eigenvalue weighted by molar-refractivity contribution is 7.89. The molecule has 0 radical (unpaired) electrons. The van der Waals surface area contributed by atoms with E-state index in [-0.39, 0.29) is 23.0 Å². The van der Waals surface area contributed by atoms with Crippen molar-refractivity contribution in [2.45, 2.75) is 44.3 Å². The zero-order valence-corrected chi connectivity index (χ0v) is 15.8. The maximum atomic E-state index is 12.4. The summed E-state index contributed by atoms with van der Waals surface area (Å²) in [6, 6.07) is 6.17. The van der Waals surface area contributed by atoms with Crippen LogP contribution in [0.15, 0.2) is 29.2 Å². The van der Waals surface area contributed by atoms with Crippen molar-refractivity contribution in [3.8, 4) is 0 Å².